The van der Waals surface area contributed by atoms with E-state index in [9.17, 15) is 19.2 Å². The molecule has 10 heteroatoms. The first-order chi connectivity index (χ1) is 22.6. The van der Waals surface area contributed by atoms with Crippen molar-refractivity contribution in [1.29, 1.82) is 0 Å². The van der Waals surface area contributed by atoms with Gasteiger partial charge in [0.2, 0.25) is 0 Å². The van der Waals surface area contributed by atoms with Gasteiger partial charge in [-0.25, -0.2) is 9.59 Å². The number of allylic oxidation sites excluding steroid dienone is 3. The van der Waals surface area contributed by atoms with E-state index in [1.165, 1.54) is 6.92 Å². The van der Waals surface area contributed by atoms with Crippen molar-refractivity contribution in [1.82, 2.24) is 0 Å². The van der Waals surface area contributed by atoms with Gasteiger partial charge in [0.05, 0.1) is 25.2 Å². The second-order valence-corrected chi connectivity index (χ2v) is 15.1. The molecule has 0 N–H and O–H groups in total. The van der Waals surface area contributed by atoms with Crippen molar-refractivity contribution < 1.29 is 47.3 Å². The first-order valence-corrected chi connectivity index (χ1v) is 17.0. The van der Waals surface area contributed by atoms with E-state index >= 15 is 0 Å². The number of carbonyl (C=O) groups is 4. The van der Waals surface area contributed by atoms with Crippen LogP contribution in [0.5, 0.6) is 0 Å². The molecular formula is C38H48O10. The maximum Gasteiger partial charge on any atom is 0.333 e. The zero-order valence-electron chi connectivity index (χ0n) is 29.4. The van der Waals surface area contributed by atoms with Crippen molar-refractivity contribution in [2.75, 3.05) is 6.61 Å². The Hall–Kier alpha value is -3.66. The summed E-state index contributed by atoms with van der Waals surface area (Å²) in [6.45, 7) is 16.8. The van der Waals surface area contributed by atoms with Crippen LogP contribution in [-0.4, -0.2) is 61.0 Å². The Morgan fingerprint density at radius 2 is 1.60 bits per heavy atom. The van der Waals surface area contributed by atoms with Crippen LogP contribution < -0.4 is 0 Å². The van der Waals surface area contributed by atoms with Gasteiger partial charge < -0.3 is 28.1 Å². The number of ether oxygens (including phenoxy) is 5. The number of esters is 4. The molecular weight excluding hydrogens is 616 g/mol. The summed E-state index contributed by atoms with van der Waals surface area (Å²) in [6.07, 6.45) is 4.05. The standard InChI is InChI=1S/C38H48O10/c1-10-19(3)34(41)47-28-16-27(45-22(6)39)36(7)18-44-31-32(36)37(28,8)26-15-29(40)46-25-14-24(23-12-13-43-17-23)21(5)30(25)38(26,9)33(31)48-35(42)20(4)11-2/h10-13,17,24-28,31-33H,14-16,18H2,1-9H3/t24-,25+,26-,27-,28+,31-,32+,33-,36-,37+,38-/m1/s1. The molecule has 6 rings (SSSR count). The Morgan fingerprint density at radius 1 is 0.938 bits per heavy atom. The summed E-state index contributed by atoms with van der Waals surface area (Å²) in [5.74, 6) is -2.78. The fourth-order valence-corrected chi connectivity index (χ4v) is 10.3. The minimum absolute atomic E-state index is 0.0154. The minimum Gasteiger partial charge on any atom is -0.472 e. The lowest BCUT2D eigenvalue weighted by Crippen LogP contribution is -2.72. The fourth-order valence-electron chi connectivity index (χ4n) is 10.3. The molecule has 260 valence electrons. The molecule has 2 saturated carbocycles. The highest BCUT2D eigenvalue weighted by molar-refractivity contribution is 5.88. The Balaban J connectivity index is 1.61. The van der Waals surface area contributed by atoms with Crippen LogP contribution in [0.15, 0.2) is 57.5 Å². The molecule has 1 aromatic rings. The van der Waals surface area contributed by atoms with E-state index in [4.69, 9.17) is 28.1 Å². The van der Waals surface area contributed by atoms with Gasteiger partial charge in [0.1, 0.15) is 24.4 Å². The van der Waals surface area contributed by atoms with Gasteiger partial charge in [-0.1, -0.05) is 38.5 Å². The molecule has 1 aromatic heterocycles. The Kier molecular flexibility index (Phi) is 8.58. The average molecular weight is 665 g/mol. The normalized spacial score (nSPS) is 40.6. The van der Waals surface area contributed by atoms with Gasteiger partial charge in [-0.05, 0) is 64.2 Å². The molecule has 0 aromatic carbocycles. The molecule has 48 heavy (non-hydrogen) atoms. The van der Waals surface area contributed by atoms with E-state index in [0.717, 1.165) is 16.7 Å². The van der Waals surface area contributed by atoms with Crippen molar-refractivity contribution in [3.63, 3.8) is 0 Å². The number of rotatable bonds is 6. The van der Waals surface area contributed by atoms with Crippen molar-refractivity contribution in [3.05, 3.63) is 58.6 Å². The smallest absolute Gasteiger partial charge is 0.333 e. The highest BCUT2D eigenvalue weighted by Gasteiger charge is 2.78. The summed E-state index contributed by atoms with van der Waals surface area (Å²) in [6, 6.07) is 1.92. The minimum atomic E-state index is -0.973. The van der Waals surface area contributed by atoms with Gasteiger partial charge in [-0.15, -0.1) is 0 Å². The van der Waals surface area contributed by atoms with Crippen LogP contribution in [0.3, 0.4) is 0 Å². The van der Waals surface area contributed by atoms with E-state index in [-0.39, 0.29) is 31.3 Å². The van der Waals surface area contributed by atoms with E-state index in [2.05, 4.69) is 20.8 Å². The van der Waals surface area contributed by atoms with Gasteiger partial charge >= 0.3 is 23.9 Å². The molecule has 2 saturated heterocycles. The lowest BCUT2D eigenvalue weighted by molar-refractivity contribution is -0.257. The molecule has 10 nitrogen and oxygen atoms in total. The van der Waals surface area contributed by atoms with E-state index in [1.54, 1.807) is 52.4 Å². The predicted octanol–water partition coefficient (Wildman–Crippen LogP) is 6.15. The molecule has 4 fully saturated rings. The molecule has 0 radical (unpaired) electrons. The largest absolute Gasteiger partial charge is 0.472 e. The Labute approximate surface area is 282 Å². The topological polar surface area (TPSA) is 128 Å². The van der Waals surface area contributed by atoms with Crippen LogP contribution >= 0.6 is 0 Å². The van der Waals surface area contributed by atoms with Gasteiger partial charge in [-0.2, -0.15) is 0 Å². The van der Waals surface area contributed by atoms with Gasteiger partial charge in [0, 0.05) is 59.0 Å². The molecule has 3 aliphatic carbocycles. The summed E-state index contributed by atoms with van der Waals surface area (Å²) >= 11 is 0. The molecule has 0 unspecified atom stereocenters. The lowest BCUT2D eigenvalue weighted by Gasteiger charge is -2.66. The maximum atomic E-state index is 14.0. The molecule has 0 bridgehead atoms. The second-order valence-electron chi connectivity index (χ2n) is 15.1. The van der Waals surface area contributed by atoms with E-state index in [0.29, 0.717) is 17.6 Å². The highest BCUT2D eigenvalue weighted by Crippen LogP contribution is 2.72. The third-order valence-electron chi connectivity index (χ3n) is 12.7. The van der Waals surface area contributed by atoms with Crippen LogP contribution in [0.4, 0.5) is 0 Å². The van der Waals surface area contributed by atoms with Crippen molar-refractivity contribution >= 4 is 23.9 Å². The van der Waals surface area contributed by atoms with E-state index in [1.807, 2.05) is 13.0 Å². The molecule has 0 spiro atoms. The summed E-state index contributed by atoms with van der Waals surface area (Å²) in [5, 5.41) is 0. The number of furan rings is 1. The van der Waals surface area contributed by atoms with Gasteiger partial charge in [0.25, 0.3) is 0 Å². The fraction of sp³-hybridized carbons (Fsp3) is 0.632. The van der Waals surface area contributed by atoms with Gasteiger partial charge in [0.15, 0.2) is 0 Å². The van der Waals surface area contributed by atoms with Crippen LogP contribution in [-0.2, 0) is 42.9 Å². The van der Waals surface area contributed by atoms with Crippen LogP contribution in [0.25, 0.3) is 0 Å². The third kappa shape index (κ3) is 4.91. The molecule has 0 amide bonds. The SMILES string of the molecule is CC=C(C)C(=O)O[C@@H]1[C@@H]2OC[C@]3(C)[C@H](OC(C)=O)C[C@H](OC(=O)C(C)=CC)[C@@](C)([C@@H]23)[C@H]2CC(=O)O[C@H]3C[C@@H](c4ccoc4)C(C)=C3[C@]12C. The average Bonchev–Trinajstić information content (AvgIpc) is 3.75. The zero-order chi connectivity index (χ0) is 34.9. The van der Waals surface area contributed by atoms with Crippen LogP contribution in [0.1, 0.15) is 93.1 Å². The number of fused-ring (bicyclic) bond motifs is 4. The third-order valence-corrected chi connectivity index (χ3v) is 12.7. The van der Waals surface area contributed by atoms with E-state index < -0.39 is 76.5 Å². The summed E-state index contributed by atoms with van der Waals surface area (Å²) in [5.41, 5.74) is 1.21. The number of hydrogen-bond acceptors (Lipinski definition) is 10. The number of hydrogen-bond donors (Lipinski definition) is 0. The quantitative estimate of drug-likeness (QED) is 0.151. The lowest BCUT2D eigenvalue weighted by atomic mass is 9.39. The first-order valence-electron chi connectivity index (χ1n) is 17.0. The van der Waals surface area contributed by atoms with Crippen molar-refractivity contribution in [2.45, 2.75) is 118 Å². The maximum absolute atomic E-state index is 14.0. The molecule has 11 atom stereocenters. The monoisotopic (exact) mass is 664 g/mol. The van der Waals surface area contributed by atoms with Crippen molar-refractivity contribution in [3.8, 4) is 0 Å². The second kappa shape index (κ2) is 12.0. The molecule has 3 heterocycles. The Morgan fingerprint density at radius 3 is 2.21 bits per heavy atom. The molecule has 2 aliphatic heterocycles. The van der Waals surface area contributed by atoms with Crippen LogP contribution in [0, 0.1) is 28.1 Å². The summed E-state index contributed by atoms with van der Waals surface area (Å²) in [4.78, 5) is 53.7. The van der Waals surface area contributed by atoms with Crippen molar-refractivity contribution in [2.24, 2.45) is 28.1 Å². The Bertz CT molecular complexity index is 1600. The van der Waals surface area contributed by atoms with Gasteiger partial charge in [-0.3, -0.25) is 9.59 Å². The predicted molar refractivity (Wildman–Crippen MR) is 173 cm³/mol. The molecule has 5 aliphatic rings. The zero-order valence-corrected chi connectivity index (χ0v) is 29.4. The summed E-state index contributed by atoms with van der Waals surface area (Å²) in [7, 11) is 0. The summed E-state index contributed by atoms with van der Waals surface area (Å²) < 4.78 is 37.5. The number of carbonyl (C=O) groups excluding carboxylic acids is 4. The van der Waals surface area contributed by atoms with Crippen LogP contribution in [0.2, 0.25) is 0 Å². The first kappa shape index (κ1) is 34.2. The highest BCUT2D eigenvalue weighted by atomic mass is 16.6.